The molecular formula is C17H27N3O2. The molecule has 5 nitrogen and oxygen atoms in total. The van der Waals surface area contributed by atoms with Gasteiger partial charge in [-0.1, -0.05) is 26.8 Å². The summed E-state index contributed by atoms with van der Waals surface area (Å²) in [6.07, 6.45) is 1.71. The lowest BCUT2D eigenvalue weighted by Crippen LogP contribution is -2.41. The molecule has 1 rings (SSSR count). The number of amides is 2. The largest absolute Gasteiger partial charge is 0.352 e. The topological polar surface area (TPSA) is 84.2 Å². The number of carbonyl (C=O) groups is 2. The lowest BCUT2D eigenvalue weighted by atomic mass is 10.0. The molecule has 0 aliphatic heterocycles. The SMILES string of the molecule is CCCNC(=O)c1cccc(C(=O)NC(CN)CC(C)C)c1. The van der Waals surface area contributed by atoms with Gasteiger partial charge >= 0.3 is 0 Å². The molecule has 4 N–H and O–H groups in total. The summed E-state index contributed by atoms with van der Waals surface area (Å²) in [6, 6.07) is 6.69. The van der Waals surface area contributed by atoms with Crippen LogP contribution in [0.25, 0.3) is 0 Å². The van der Waals surface area contributed by atoms with Crippen LogP contribution < -0.4 is 16.4 Å². The van der Waals surface area contributed by atoms with Crippen molar-refractivity contribution in [3.8, 4) is 0 Å². The van der Waals surface area contributed by atoms with E-state index in [1.54, 1.807) is 24.3 Å². The second-order valence-electron chi connectivity index (χ2n) is 5.87. The van der Waals surface area contributed by atoms with E-state index in [1.165, 1.54) is 0 Å². The lowest BCUT2D eigenvalue weighted by molar-refractivity contribution is 0.0933. The predicted molar refractivity (Wildman–Crippen MR) is 88.8 cm³/mol. The number of nitrogens with two attached hydrogens (primary N) is 1. The second-order valence-corrected chi connectivity index (χ2v) is 5.87. The molecule has 0 saturated carbocycles. The Morgan fingerprint density at radius 3 is 2.36 bits per heavy atom. The number of nitrogens with one attached hydrogen (secondary N) is 2. The van der Waals surface area contributed by atoms with E-state index in [9.17, 15) is 9.59 Å². The average molecular weight is 305 g/mol. The van der Waals surface area contributed by atoms with Gasteiger partial charge < -0.3 is 16.4 Å². The van der Waals surface area contributed by atoms with Gasteiger partial charge in [0.2, 0.25) is 0 Å². The summed E-state index contributed by atoms with van der Waals surface area (Å²) in [6.45, 7) is 7.20. The summed E-state index contributed by atoms with van der Waals surface area (Å²) < 4.78 is 0. The molecule has 1 unspecified atom stereocenters. The maximum Gasteiger partial charge on any atom is 0.251 e. The zero-order valence-corrected chi connectivity index (χ0v) is 13.7. The third-order valence-electron chi connectivity index (χ3n) is 3.30. The van der Waals surface area contributed by atoms with Gasteiger partial charge in [-0.25, -0.2) is 0 Å². The first-order valence-corrected chi connectivity index (χ1v) is 7.87. The van der Waals surface area contributed by atoms with Crippen molar-refractivity contribution in [1.82, 2.24) is 10.6 Å². The highest BCUT2D eigenvalue weighted by atomic mass is 16.2. The van der Waals surface area contributed by atoms with Crippen LogP contribution in [-0.2, 0) is 0 Å². The van der Waals surface area contributed by atoms with E-state index in [0.717, 1.165) is 12.8 Å². The van der Waals surface area contributed by atoms with Gasteiger partial charge in [-0.2, -0.15) is 0 Å². The number of hydrogen-bond acceptors (Lipinski definition) is 3. The minimum absolute atomic E-state index is 0.0509. The standard InChI is InChI=1S/C17H27N3O2/c1-4-8-19-16(21)13-6-5-7-14(10-13)17(22)20-15(11-18)9-12(2)3/h5-7,10,12,15H,4,8-9,11,18H2,1-3H3,(H,19,21)(H,20,22). The van der Waals surface area contributed by atoms with Crippen LogP contribution in [0.3, 0.4) is 0 Å². The Morgan fingerprint density at radius 2 is 1.82 bits per heavy atom. The van der Waals surface area contributed by atoms with Crippen LogP contribution in [0.4, 0.5) is 0 Å². The average Bonchev–Trinajstić information content (AvgIpc) is 2.51. The van der Waals surface area contributed by atoms with E-state index in [4.69, 9.17) is 5.73 Å². The second kappa shape index (κ2) is 9.20. The molecule has 1 aromatic carbocycles. The third-order valence-corrected chi connectivity index (χ3v) is 3.30. The fraction of sp³-hybridized carbons (Fsp3) is 0.529. The van der Waals surface area contributed by atoms with Gasteiger partial charge in [-0.15, -0.1) is 0 Å². The molecule has 0 aliphatic rings. The molecule has 122 valence electrons. The predicted octanol–water partition coefficient (Wildman–Crippen LogP) is 1.93. The molecule has 0 radical (unpaired) electrons. The molecule has 22 heavy (non-hydrogen) atoms. The smallest absolute Gasteiger partial charge is 0.251 e. The molecule has 0 heterocycles. The highest BCUT2D eigenvalue weighted by Crippen LogP contribution is 2.08. The number of benzene rings is 1. The van der Waals surface area contributed by atoms with Crippen LogP contribution in [-0.4, -0.2) is 30.9 Å². The summed E-state index contributed by atoms with van der Waals surface area (Å²) in [7, 11) is 0. The Labute approximate surface area is 132 Å². The van der Waals surface area contributed by atoms with Crippen LogP contribution in [0.1, 0.15) is 54.3 Å². The van der Waals surface area contributed by atoms with Crippen LogP contribution in [0.2, 0.25) is 0 Å². The minimum atomic E-state index is -0.193. The van der Waals surface area contributed by atoms with Crippen molar-refractivity contribution in [2.24, 2.45) is 11.7 Å². The zero-order chi connectivity index (χ0) is 16.5. The molecule has 0 spiro atoms. The molecule has 0 bridgehead atoms. The van der Waals surface area contributed by atoms with E-state index in [1.807, 2.05) is 6.92 Å². The van der Waals surface area contributed by atoms with Crippen molar-refractivity contribution in [2.75, 3.05) is 13.1 Å². The Balaban J connectivity index is 2.75. The molecule has 0 saturated heterocycles. The Hall–Kier alpha value is -1.88. The van der Waals surface area contributed by atoms with E-state index in [0.29, 0.717) is 30.1 Å². The van der Waals surface area contributed by atoms with Crippen molar-refractivity contribution in [2.45, 2.75) is 39.7 Å². The van der Waals surface area contributed by atoms with Crippen molar-refractivity contribution < 1.29 is 9.59 Å². The summed E-state index contributed by atoms with van der Waals surface area (Å²) in [5.74, 6) is 0.107. The highest BCUT2D eigenvalue weighted by molar-refractivity contribution is 5.99. The van der Waals surface area contributed by atoms with Crippen molar-refractivity contribution in [3.05, 3.63) is 35.4 Å². The van der Waals surface area contributed by atoms with Gasteiger partial charge in [0.05, 0.1) is 0 Å². The monoisotopic (exact) mass is 305 g/mol. The maximum absolute atomic E-state index is 12.3. The van der Waals surface area contributed by atoms with Gasteiger partial charge in [0.15, 0.2) is 0 Å². The van der Waals surface area contributed by atoms with E-state index in [2.05, 4.69) is 24.5 Å². The highest BCUT2D eigenvalue weighted by Gasteiger charge is 2.15. The van der Waals surface area contributed by atoms with Gasteiger partial charge in [-0.05, 0) is 37.0 Å². The van der Waals surface area contributed by atoms with Gasteiger partial charge in [-0.3, -0.25) is 9.59 Å². The van der Waals surface area contributed by atoms with E-state index in [-0.39, 0.29) is 17.9 Å². The summed E-state index contributed by atoms with van der Waals surface area (Å²) in [5.41, 5.74) is 6.67. The van der Waals surface area contributed by atoms with Crippen LogP contribution in [0.5, 0.6) is 0 Å². The third kappa shape index (κ3) is 5.85. The lowest BCUT2D eigenvalue weighted by Gasteiger charge is -2.19. The molecule has 0 aromatic heterocycles. The summed E-state index contributed by atoms with van der Waals surface area (Å²) in [4.78, 5) is 24.2. The van der Waals surface area contributed by atoms with Gasteiger partial charge in [0.1, 0.15) is 0 Å². The van der Waals surface area contributed by atoms with Crippen molar-refractivity contribution >= 4 is 11.8 Å². The number of hydrogen-bond donors (Lipinski definition) is 3. The van der Waals surface area contributed by atoms with E-state index >= 15 is 0 Å². The van der Waals surface area contributed by atoms with Gasteiger partial charge in [0, 0.05) is 30.3 Å². The Morgan fingerprint density at radius 1 is 1.18 bits per heavy atom. The first-order chi connectivity index (χ1) is 10.5. The van der Waals surface area contributed by atoms with E-state index < -0.39 is 0 Å². The molecule has 5 heteroatoms. The fourth-order valence-corrected chi connectivity index (χ4v) is 2.19. The molecule has 1 aromatic rings. The normalized spacial score (nSPS) is 12.0. The molecular weight excluding hydrogens is 278 g/mol. The zero-order valence-electron chi connectivity index (χ0n) is 13.7. The minimum Gasteiger partial charge on any atom is -0.352 e. The summed E-state index contributed by atoms with van der Waals surface area (Å²) in [5, 5.41) is 5.73. The molecule has 1 atom stereocenters. The molecule has 0 fully saturated rings. The van der Waals surface area contributed by atoms with Crippen LogP contribution in [0.15, 0.2) is 24.3 Å². The Kier molecular flexibility index (Phi) is 7.60. The van der Waals surface area contributed by atoms with Crippen LogP contribution in [0, 0.1) is 5.92 Å². The van der Waals surface area contributed by atoms with Crippen LogP contribution >= 0.6 is 0 Å². The number of rotatable bonds is 8. The molecule has 0 aliphatic carbocycles. The first kappa shape index (κ1) is 18.2. The maximum atomic E-state index is 12.3. The van der Waals surface area contributed by atoms with Crippen molar-refractivity contribution in [3.63, 3.8) is 0 Å². The first-order valence-electron chi connectivity index (χ1n) is 7.87. The summed E-state index contributed by atoms with van der Waals surface area (Å²) >= 11 is 0. The molecule has 2 amide bonds. The van der Waals surface area contributed by atoms with Crippen molar-refractivity contribution in [1.29, 1.82) is 0 Å². The number of carbonyl (C=O) groups excluding carboxylic acids is 2. The fourth-order valence-electron chi connectivity index (χ4n) is 2.19. The Bertz CT molecular complexity index is 500. The van der Waals surface area contributed by atoms with Gasteiger partial charge in [0.25, 0.3) is 11.8 Å². The quantitative estimate of drug-likeness (QED) is 0.686.